The third-order valence-electron chi connectivity index (χ3n) is 5.86. The molecule has 0 spiro atoms. The summed E-state index contributed by atoms with van der Waals surface area (Å²) < 4.78 is 13.1. The first-order valence-electron chi connectivity index (χ1n) is 10.4. The van der Waals surface area contributed by atoms with Crippen LogP contribution in [0.15, 0.2) is 36.9 Å². The Bertz CT molecular complexity index is 1210. The molecule has 7 nitrogen and oxygen atoms in total. The minimum absolute atomic E-state index is 0.235. The first-order valence-corrected chi connectivity index (χ1v) is 11.2. The standard InChI is InChI=1S/C23H25N5O2S/c1-28-9-8-24-22(28)20(14-10-15(29-2)12-16(11-14)30-3)27-21-19-17-6-4-5-7-18(17)31-23(19)26-13-25-21/h8-13,20H,4-7H2,1-3H3,(H,25,26,27). The number of hydrogen-bond donors (Lipinski definition) is 1. The summed E-state index contributed by atoms with van der Waals surface area (Å²) in [6.45, 7) is 0. The van der Waals surface area contributed by atoms with Gasteiger partial charge in [0.25, 0.3) is 0 Å². The molecule has 31 heavy (non-hydrogen) atoms. The number of fused-ring (bicyclic) bond motifs is 3. The molecule has 0 saturated heterocycles. The van der Waals surface area contributed by atoms with Crippen molar-refractivity contribution in [3.05, 3.63) is 58.7 Å². The molecule has 3 aromatic heterocycles. The summed E-state index contributed by atoms with van der Waals surface area (Å²) in [5.41, 5.74) is 2.39. The normalized spacial score (nSPS) is 14.3. The molecule has 0 amide bonds. The molecule has 3 heterocycles. The van der Waals surface area contributed by atoms with Crippen molar-refractivity contribution in [1.29, 1.82) is 0 Å². The smallest absolute Gasteiger partial charge is 0.139 e. The maximum Gasteiger partial charge on any atom is 0.139 e. The van der Waals surface area contributed by atoms with Gasteiger partial charge in [0.1, 0.15) is 40.3 Å². The quantitative estimate of drug-likeness (QED) is 0.480. The average Bonchev–Trinajstić information content (AvgIpc) is 3.40. The minimum Gasteiger partial charge on any atom is -0.497 e. The Labute approximate surface area is 185 Å². The number of ether oxygens (including phenoxy) is 2. The number of rotatable bonds is 6. The molecular weight excluding hydrogens is 410 g/mol. The number of hydrogen-bond acceptors (Lipinski definition) is 7. The van der Waals surface area contributed by atoms with Crippen molar-refractivity contribution in [2.45, 2.75) is 31.7 Å². The second kappa shape index (κ2) is 8.19. The van der Waals surface area contributed by atoms with Crippen molar-refractivity contribution in [1.82, 2.24) is 19.5 Å². The summed E-state index contributed by atoms with van der Waals surface area (Å²) in [5.74, 6) is 3.19. The van der Waals surface area contributed by atoms with Crippen molar-refractivity contribution in [2.24, 2.45) is 7.05 Å². The third-order valence-corrected chi connectivity index (χ3v) is 7.06. The Kier molecular flexibility index (Phi) is 5.23. The molecule has 0 fully saturated rings. The van der Waals surface area contributed by atoms with Crippen LogP contribution in [0.3, 0.4) is 0 Å². The summed E-state index contributed by atoms with van der Waals surface area (Å²) in [4.78, 5) is 16.4. The molecule has 1 aliphatic carbocycles. The topological polar surface area (TPSA) is 74.1 Å². The zero-order valence-corrected chi connectivity index (χ0v) is 18.7. The fourth-order valence-corrected chi connectivity index (χ4v) is 5.51. The lowest BCUT2D eigenvalue weighted by molar-refractivity contribution is 0.393. The number of anilines is 1. The van der Waals surface area contributed by atoms with Gasteiger partial charge in [0.05, 0.1) is 19.6 Å². The van der Waals surface area contributed by atoms with Crippen LogP contribution in [0.1, 0.15) is 40.7 Å². The highest BCUT2D eigenvalue weighted by Crippen LogP contribution is 2.40. The maximum atomic E-state index is 5.52. The summed E-state index contributed by atoms with van der Waals surface area (Å²) in [7, 11) is 5.32. The number of aryl methyl sites for hydroxylation is 3. The molecule has 0 bridgehead atoms. The van der Waals surface area contributed by atoms with E-state index in [0.29, 0.717) is 0 Å². The fourth-order valence-electron chi connectivity index (χ4n) is 4.28. The Morgan fingerprint density at radius 1 is 1.03 bits per heavy atom. The van der Waals surface area contributed by atoms with Crippen LogP contribution in [-0.4, -0.2) is 33.7 Å². The second-order valence-corrected chi connectivity index (χ2v) is 8.82. The predicted octanol–water partition coefficient (Wildman–Crippen LogP) is 4.52. The number of methoxy groups -OCH3 is 2. The van der Waals surface area contributed by atoms with Gasteiger partial charge in [-0.2, -0.15) is 0 Å². The Morgan fingerprint density at radius 2 is 1.81 bits per heavy atom. The monoisotopic (exact) mass is 435 g/mol. The number of benzene rings is 1. The van der Waals surface area contributed by atoms with Gasteiger partial charge in [-0.05, 0) is 48.9 Å². The van der Waals surface area contributed by atoms with Gasteiger partial charge in [-0.25, -0.2) is 15.0 Å². The Morgan fingerprint density at radius 3 is 2.52 bits per heavy atom. The van der Waals surface area contributed by atoms with Crippen LogP contribution in [0.25, 0.3) is 10.2 Å². The Balaban J connectivity index is 1.65. The molecular formula is C23H25N5O2S. The van der Waals surface area contributed by atoms with Crippen LogP contribution in [0.2, 0.25) is 0 Å². The van der Waals surface area contributed by atoms with E-state index in [1.54, 1.807) is 31.9 Å². The van der Waals surface area contributed by atoms with Crippen molar-refractivity contribution >= 4 is 27.4 Å². The van der Waals surface area contributed by atoms with E-state index in [1.165, 1.54) is 23.3 Å². The molecule has 5 rings (SSSR count). The lowest BCUT2D eigenvalue weighted by atomic mass is 9.97. The van der Waals surface area contributed by atoms with Crippen LogP contribution in [0.4, 0.5) is 5.82 Å². The van der Waals surface area contributed by atoms with Gasteiger partial charge < -0.3 is 19.4 Å². The van der Waals surface area contributed by atoms with Crippen LogP contribution >= 0.6 is 11.3 Å². The fraction of sp³-hybridized carbons (Fsp3) is 0.348. The number of nitrogens with zero attached hydrogens (tertiary/aromatic N) is 4. The molecule has 8 heteroatoms. The molecule has 0 radical (unpaired) electrons. The molecule has 4 aromatic rings. The highest BCUT2D eigenvalue weighted by atomic mass is 32.1. The average molecular weight is 436 g/mol. The van der Waals surface area contributed by atoms with Crippen LogP contribution in [0.5, 0.6) is 11.5 Å². The molecule has 1 atom stereocenters. The van der Waals surface area contributed by atoms with E-state index in [0.717, 1.165) is 51.8 Å². The van der Waals surface area contributed by atoms with Crippen molar-refractivity contribution < 1.29 is 9.47 Å². The van der Waals surface area contributed by atoms with Gasteiger partial charge in [0.2, 0.25) is 0 Å². The number of nitrogens with one attached hydrogen (secondary N) is 1. The van der Waals surface area contributed by atoms with Gasteiger partial charge >= 0.3 is 0 Å². The highest BCUT2D eigenvalue weighted by Gasteiger charge is 2.25. The second-order valence-electron chi connectivity index (χ2n) is 7.73. The summed E-state index contributed by atoms with van der Waals surface area (Å²) in [6, 6.07) is 5.66. The highest BCUT2D eigenvalue weighted by molar-refractivity contribution is 7.19. The van der Waals surface area contributed by atoms with E-state index in [1.807, 2.05) is 42.2 Å². The lowest BCUT2D eigenvalue weighted by Crippen LogP contribution is -2.18. The Hall–Kier alpha value is -3.13. The maximum absolute atomic E-state index is 5.52. The molecule has 1 unspecified atom stereocenters. The van der Waals surface area contributed by atoms with Gasteiger partial charge in [-0.15, -0.1) is 11.3 Å². The van der Waals surface area contributed by atoms with E-state index < -0.39 is 0 Å². The van der Waals surface area contributed by atoms with E-state index >= 15 is 0 Å². The molecule has 1 N–H and O–H groups in total. The van der Waals surface area contributed by atoms with E-state index in [-0.39, 0.29) is 6.04 Å². The van der Waals surface area contributed by atoms with Gasteiger partial charge in [0, 0.05) is 30.4 Å². The SMILES string of the molecule is COc1cc(OC)cc(C(Nc2ncnc3sc4c(c23)CCCC4)c2nccn2C)c1. The van der Waals surface area contributed by atoms with Gasteiger partial charge in [-0.3, -0.25) is 0 Å². The van der Waals surface area contributed by atoms with Crippen LogP contribution in [-0.2, 0) is 19.9 Å². The first kappa shape index (κ1) is 19.8. The summed E-state index contributed by atoms with van der Waals surface area (Å²) in [5, 5.41) is 4.83. The van der Waals surface area contributed by atoms with Gasteiger partial charge in [-0.1, -0.05) is 0 Å². The molecule has 0 aliphatic heterocycles. The summed E-state index contributed by atoms with van der Waals surface area (Å²) >= 11 is 1.80. The van der Waals surface area contributed by atoms with Crippen molar-refractivity contribution in [3.8, 4) is 11.5 Å². The zero-order chi connectivity index (χ0) is 21.4. The number of imidazole rings is 1. The molecule has 0 saturated carbocycles. The molecule has 1 aliphatic rings. The number of thiophene rings is 1. The van der Waals surface area contributed by atoms with E-state index in [9.17, 15) is 0 Å². The lowest BCUT2D eigenvalue weighted by Gasteiger charge is -2.22. The molecule has 1 aromatic carbocycles. The predicted molar refractivity (Wildman–Crippen MR) is 122 cm³/mol. The van der Waals surface area contributed by atoms with Crippen molar-refractivity contribution in [2.75, 3.05) is 19.5 Å². The van der Waals surface area contributed by atoms with E-state index in [4.69, 9.17) is 9.47 Å². The largest absolute Gasteiger partial charge is 0.497 e. The van der Waals surface area contributed by atoms with E-state index in [2.05, 4.69) is 20.3 Å². The van der Waals surface area contributed by atoms with Crippen LogP contribution < -0.4 is 14.8 Å². The zero-order valence-electron chi connectivity index (χ0n) is 17.9. The van der Waals surface area contributed by atoms with Crippen molar-refractivity contribution in [3.63, 3.8) is 0 Å². The third kappa shape index (κ3) is 3.61. The van der Waals surface area contributed by atoms with Crippen LogP contribution in [0, 0.1) is 0 Å². The summed E-state index contributed by atoms with van der Waals surface area (Å²) in [6.07, 6.45) is 10.1. The first-order chi connectivity index (χ1) is 15.2. The molecule has 160 valence electrons. The minimum atomic E-state index is -0.235. The number of aromatic nitrogens is 4. The van der Waals surface area contributed by atoms with Gasteiger partial charge in [0.15, 0.2) is 0 Å².